The van der Waals surface area contributed by atoms with Gasteiger partial charge < -0.3 is 16.0 Å². The van der Waals surface area contributed by atoms with Gasteiger partial charge >= 0.3 is 6.03 Å². The summed E-state index contributed by atoms with van der Waals surface area (Å²) in [6, 6.07) is 10.6. The second-order valence-corrected chi connectivity index (χ2v) is 9.26. The van der Waals surface area contributed by atoms with Gasteiger partial charge in [0, 0.05) is 18.6 Å². The van der Waals surface area contributed by atoms with E-state index in [1.54, 1.807) is 0 Å². The van der Waals surface area contributed by atoms with Gasteiger partial charge in [-0.05, 0) is 58.2 Å². The van der Waals surface area contributed by atoms with Gasteiger partial charge in [-0.3, -0.25) is 9.69 Å². The number of rotatable bonds is 5. The predicted octanol–water partition coefficient (Wildman–Crippen LogP) is 2.44. The number of nitrogens with zero attached hydrogens (tertiary/aromatic N) is 2. The zero-order valence-electron chi connectivity index (χ0n) is 17.0. The summed E-state index contributed by atoms with van der Waals surface area (Å²) in [4.78, 5) is 29.1. The van der Waals surface area contributed by atoms with Crippen molar-refractivity contribution in [1.29, 1.82) is 0 Å². The van der Waals surface area contributed by atoms with Crippen molar-refractivity contribution in [3.63, 3.8) is 0 Å². The van der Waals surface area contributed by atoms with Crippen LogP contribution in [-0.2, 0) is 10.3 Å². The Morgan fingerprint density at radius 3 is 2.25 bits per heavy atom. The maximum absolute atomic E-state index is 12.7. The van der Waals surface area contributed by atoms with Crippen LogP contribution in [-0.4, -0.2) is 54.5 Å². The molecule has 1 aromatic carbocycles. The molecule has 0 radical (unpaired) electrons. The van der Waals surface area contributed by atoms with Crippen LogP contribution in [0.5, 0.6) is 0 Å². The Hall–Kier alpha value is -2.08. The topological polar surface area (TPSA) is 78.7 Å². The van der Waals surface area contributed by atoms with E-state index in [1.807, 2.05) is 4.90 Å². The van der Waals surface area contributed by atoms with E-state index in [-0.39, 0.29) is 23.0 Å². The summed E-state index contributed by atoms with van der Waals surface area (Å²) in [5, 5.41) is 3.06. The van der Waals surface area contributed by atoms with Crippen molar-refractivity contribution in [3.05, 3.63) is 35.9 Å². The third-order valence-corrected chi connectivity index (χ3v) is 7.86. The molecule has 1 aromatic rings. The molecular weight excluding hydrogens is 352 g/mol. The third kappa shape index (κ3) is 2.81. The fourth-order valence-electron chi connectivity index (χ4n) is 5.59. The lowest BCUT2D eigenvalue weighted by molar-refractivity contribution is -0.134. The smallest absolute Gasteiger partial charge is 0.318 e. The number of urea groups is 1. The molecule has 3 fully saturated rings. The minimum Gasteiger partial charge on any atom is -0.369 e. The largest absolute Gasteiger partial charge is 0.369 e. The standard InChI is InChI=1S/C22H32N4O2/c1-25(2)22(17-7-4-3-5-8-17)13-11-21(12-14-22)15-24-19(28)26(21)16-20(18(23)27)9-6-10-20/h3-5,7-8H,6,9-16H2,1-2H3,(H2,23,27)(H,24,28)/t21-,22-. The first-order valence-corrected chi connectivity index (χ1v) is 10.4. The molecule has 1 spiro atoms. The van der Waals surface area contributed by atoms with E-state index >= 15 is 0 Å². The number of carbonyl (C=O) groups excluding carboxylic acids is 2. The van der Waals surface area contributed by atoms with Crippen LogP contribution >= 0.6 is 0 Å². The molecular formula is C22H32N4O2. The van der Waals surface area contributed by atoms with Gasteiger partial charge in [-0.2, -0.15) is 0 Å². The van der Waals surface area contributed by atoms with Crippen molar-refractivity contribution >= 4 is 11.9 Å². The number of primary amides is 1. The van der Waals surface area contributed by atoms with Gasteiger partial charge in [0.25, 0.3) is 0 Å². The average Bonchev–Trinajstić information content (AvgIpc) is 2.95. The van der Waals surface area contributed by atoms with E-state index in [2.05, 4.69) is 54.6 Å². The van der Waals surface area contributed by atoms with Crippen molar-refractivity contribution in [2.75, 3.05) is 27.2 Å². The number of amides is 3. The molecule has 1 heterocycles. The third-order valence-electron chi connectivity index (χ3n) is 7.86. The summed E-state index contributed by atoms with van der Waals surface area (Å²) < 4.78 is 0. The van der Waals surface area contributed by atoms with Gasteiger partial charge in [0.05, 0.1) is 11.0 Å². The number of nitrogens with one attached hydrogen (secondary N) is 1. The normalized spacial score (nSPS) is 31.7. The Balaban J connectivity index is 1.58. The molecule has 1 aliphatic heterocycles. The summed E-state index contributed by atoms with van der Waals surface area (Å²) in [5.74, 6) is -0.253. The Kier molecular flexibility index (Phi) is 4.65. The van der Waals surface area contributed by atoms with E-state index in [1.165, 1.54) is 5.56 Å². The highest BCUT2D eigenvalue weighted by Gasteiger charge is 2.55. The van der Waals surface area contributed by atoms with Gasteiger partial charge in [0.2, 0.25) is 5.91 Å². The Bertz CT molecular complexity index is 749. The van der Waals surface area contributed by atoms with Crippen LogP contribution in [0.4, 0.5) is 4.79 Å². The summed E-state index contributed by atoms with van der Waals surface area (Å²) in [5.41, 5.74) is 6.33. The molecule has 3 amide bonds. The average molecular weight is 385 g/mol. The molecule has 1 saturated heterocycles. The molecule has 6 heteroatoms. The van der Waals surface area contributed by atoms with Crippen molar-refractivity contribution in [2.45, 2.75) is 56.0 Å². The first-order chi connectivity index (χ1) is 13.3. The second-order valence-electron chi connectivity index (χ2n) is 9.26. The summed E-state index contributed by atoms with van der Waals surface area (Å²) in [6.45, 7) is 1.13. The number of hydrogen-bond acceptors (Lipinski definition) is 3. The van der Waals surface area contributed by atoms with Crippen LogP contribution in [0.15, 0.2) is 30.3 Å². The Morgan fingerprint density at radius 1 is 1.11 bits per heavy atom. The zero-order valence-corrected chi connectivity index (χ0v) is 17.0. The molecule has 6 nitrogen and oxygen atoms in total. The number of hydrogen-bond donors (Lipinski definition) is 2. The fourth-order valence-corrected chi connectivity index (χ4v) is 5.59. The van der Waals surface area contributed by atoms with Gasteiger partial charge in [0.1, 0.15) is 0 Å². The van der Waals surface area contributed by atoms with E-state index in [9.17, 15) is 9.59 Å². The van der Waals surface area contributed by atoms with Gasteiger partial charge in [-0.1, -0.05) is 36.8 Å². The highest BCUT2D eigenvalue weighted by molar-refractivity contribution is 5.84. The van der Waals surface area contributed by atoms with Crippen LogP contribution in [0.1, 0.15) is 50.5 Å². The quantitative estimate of drug-likeness (QED) is 0.818. The molecule has 3 N–H and O–H groups in total. The Morgan fingerprint density at radius 2 is 1.75 bits per heavy atom. The highest BCUT2D eigenvalue weighted by atomic mass is 16.2. The highest BCUT2D eigenvalue weighted by Crippen LogP contribution is 2.50. The van der Waals surface area contributed by atoms with Crippen molar-refractivity contribution in [1.82, 2.24) is 15.1 Å². The molecule has 3 aliphatic rings. The first kappa shape index (κ1) is 19.2. The lowest BCUT2D eigenvalue weighted by Gasteiger charge is -2.52. The minimum absolute atomic E-state index is 0.0122. The number of carbonyl (C=O) groups is 2. The summed E-state index contributed by atoms with van der Waals surface area (Å²) >= 11 is 0. The molecule has 0 aromatic heterocycles. The molecule has 2 aliphatic carbocycles. The zero-order chi connectivity index (χ0) is 20.0. The van der Waals surface area contributed by atoms with E-state index in [4.69, 9.17) is 5.73 Å². The molecule has 0 unspecified atom stereocenters. The molecule has 2 saturated carbocycles. The molecule has 0 atom stereocenters. The summed E-state index contributed by atoms with van der Waals surface area (Å²) in [6.07, 6.45) is 6.43. The second kappa shape index (κ2) is 6.76. The first-order valence-electron chi connectivity index (χ1n) is 10.4. The van der Waals surface area contributed by atoms with E-state index in [0.717, 1.165) is 44.9 Å². The van der Waals surface area contributed by atoms with Crippen LogP contribution in [0, 0.1) is 5.41 Å². The molecule has 28 heavy (non-hydrogen) atoms. The minimum atomic E-state index is -0.524. The fraction of sp³-hybridized carbons (Fsp3) is 0.636. The van der Waals surface area contributed by atoms with Gasteiger partial charge in [0.15, 0.2) is 0 Å². The summed E-state index contributed by atoms with van der Waals surface area (Å²) in [7, 11) is 4.30. The monoisotopic (exact) mass is 384 g/mol. The van der Waals surface area contributed by atoms with Crippen molar-refractivity contribution in [2.24, 2.45) is 11.1 Å². The van der Waals surface area contributed by atoms with E-state index in [0.29, 0.717) is 13.1 Å². The number of benzene rings is 1. The molecule has 152 valence electrons. The van der Waals surface area contributed by atoms with Crippen LogP contribution in [0.3, 0.4) is 0 Å². The lowest BCUT2D eigenvalue weighted by atomic mass is 9.65. The maximum atomic E-state index is 12.7. The van der Waals surface area contributed by atoms with Crippen molar-refractivity contribution in [3.8, 4) is 0 Å². The van der Waals surface area contributed by atoms with Crippen LogP contribution < -0.4 is 11.1 Å². The SMILES string of the molecule is CN(C)[C@]1(c2ccccc2)CC[C@@]2(CC1)CNC(=O)N2CC1(C(N)=O)CCC1. The predicted molar refractivity (Wildman–Crippen MR) is 109 cm³/mol. The lowest BCUT2D eigenvalue weighted by Crippen LogP contribution is -2.60. The van der Waals surface area contributed by atoms with Crippen LogP contribution in [0.25, 0.3) is 0 Å². The van der Waals surface area contributed by atoms with Crippen LogP contribution in [0.2, 0.25) is 0 Å². The van der Waals surface area contributed by atoms with Gasteiger partial charge in [-0.15, -0.1) is 0 Å². The van der Waals surface area contributed by atoms with E-state index < -0.39 is 5.41 Å². The van der Waals surface area contributed by atoms with Crippen molar-refractivity contribution < 1.29 is 9.59 Å². The maximum Gasteiger partial charge on any atom is 0.318 e. The number of nitrogens with two attached hydrogens (primary N) is 1. The molecule has 4 rings (SSSR count). The van der Waals surface area contributed by atoms with Gasteiger partial charge in [-0.25, -0.2) is 4.79 Å². The molecule has 0 bridgehead atoms. The Labute approximate surface area is 167 Å².